The molecule has 0 fully saturated rings. The van der Waals surface area contributed by atoms with Crippen molar-refractivity contribution >= 4 is 5.97 Å². The Morgan fingerprint density at radius 2 is 2.00 bits per heavy atom. The lowest BCUT2D eigenvalue weighted by molar-refractivity contribution is -0.140. The van der Waals surface area contributed by atoms with Gasteiger partial charge in [0.25, 0.3) is 0 Å². The van der Waals surface area contributed by atoms with E-state index in [1.807, 2.05) is 0 Å². The molecule has 4 heteroatoms. The second kappa shape index (κ2) is 3.51. The van der Waals surface area contributed by atoms with Gasteiger partial charge in [-0.05, 0) is 5.92 Å². The highest BCUT2D eigenvalue weighted by Crippen LogP contribution is 2.08. The highest BCUT2D eigenvalue weighted by molar-refractivity contribution is 5.73. The second-order valence-corrected chi connectivity index (χ2v) is 2.55. The third kappa shape index (κ3) is 2.31. The van der Waals surface area contributed by atoms with Gasteiger partial charge in [0.05, 0.1) is 0 Å². The molecule has 0 heterocycles. The number of carbonyl (C=O) groups is 1. The average molecular weight is 149 g/mol. The largest absolute Gasteiger partial charge is 0.480 e. The zero-order valence-electron chi connectivity index (χ0n) is 6.04. The van der Waals surface area contributed by atoms with Gasteiger partial charge in [0.15, 0.2) is 0 Å². The van der Waals surface area contributed by atoms with Crippen LogP contribution in [-0.4, -0.2) is 23.3 Å². The van der Waals surface area contributed by atoms with Crippen molar-refractivity contribution in [3.8, 4) is 0 Å². The van der Waals surface area contributed by atoms with Gasteiger partial charge < -0.3 is 10.8 Å². The van der Waals surface area contributed by atoms with Crippen molar-refractivity contribution in [3.05, 3.63) is 0 Å². The predicted molar refractivity (Wildman–Crippen MR) is 35.3 cm³/mol. The Labute approximate surface area is 59.0 Å². The topological polar surface area (TPSA) is 63.3 Å². The fourth-order valence-electron chi connectivity index (χ4n) is 0.551. The maximum Gasteiger partial charge on any atom is 0.323 e. The summed E-state index contributed by atoms with van der Waals surface area (Å²) in [7, 11) is 0. The standard InChI is InChI=1S/C6H12FNO2/c1-3(2)4(7)5(8)6(9)10/h3-5H,8H2,1-2H3,(H,9,10)/t4-,5+/m0/s1. The summed E-state index contributed by atoms with van der Waals surface area (Å²) in [5, 5.41) is 8.24. The van der Waals surface area contributed by atoms with E-state index in [9.17, 15) is 9.18 Å². The minimum absolute atomic E-state index is 0.342. The van der Waals surface area contributed by atoms with E-state index in [2.05, 4.69) is 0 Å². The fraction of sp³-hybridized carbons (Fsp3) is 0.833. The first kappa shape index (κ1) is 9.36. The van der Waals surface area contributed by atoms with Crippen molar-refractivity contribution in [2.24, 2.45) is 11.7 Å². The Bertz CT molecular complexity index is 127. The molecule has 2 atom stereocenters. The van der Waals surface area contributed by atoms with Crippen LogP contribution in [0.1, 0.15) is 13.8 Å². The van der Waals surface area contributed by atoms with E-state index in [1.165, 1.54) is 0 Å². The van der Waals surface area contributed by atoms with E-state index < -0.39 is 18.2 Å². The van der Waals surface area contributed by atoms with Crippen molar-refractivity contribution in [1.29, 1.82) is 0 Å². The number of alkyl halides is 1. The summed E-state index contributed by atoms with van der Waals surface area (Å²) in [4.78, 5) is 10.1. The third-order valence-electron chi connectivity index (χ3n) is 1.27. The number of halogens is 1. The molecule has 10 heavy (non-hydrogen) atoms. The summed E-state index contributed by atoms with van der Waals surface area (Å²) < 4.78 is 12.7. The second-order valence-electron chi connectivity index (χ2n) is 2.55. The van der Waals surface area contributed by atoms with E-state index >= 15 is 0 Å². The molecule has 0 bridgehead atoms. The molecule has 0 aliphatic heterocycles. The summed E-state index contributed by atoms with van der Waals surface area (Å²) in [6.07, 6.45) is -1.46. The van der Waals surface area contributed by atoms with Crippen molar-refractivity contribution in [3.63, 3.8) is 0 Å². The average Bonchev–Trinajstić information content (AvgIpc) is 1.84. The SMILES string of the molecule is CC(C)[C@H](F)[C@@H](N)C(=O)O. The van der Waals surface area contributed by atoms with Crippen LogP contribution in [-0.2, 0) is 4.79 Å². The molecule has 3 nitrogen and oxygen atoms in total. The lowest BCUT2D eigenvalue weighted by Gasteiger charge is -2.15. The summed E-state index contributed by atoms with van der Waals surface area (Å²) >= 11 is 0. The fourth-order valence-corrected chi connectivity index (χ4v) is 0.551. The van der Waals surface area contributed by atoms with E-state index in [1.54, 1.807) is 13.8 Å². The zero-order chi connectivity index (χ0) is 8.31. The molecule has 0 aliphatic rings. The van der Waals surface area contributed by atoms with Crippen molar-refractivity contribution in [2.45, 2.75) is 26.1 Å². The molecule has 0 aromatic rings. The van der Waals surface area contributed by atoms with Crippen LogP contribution >= 0.6 is 0 Å². The Hall–Kier alpha value is -0.640. The molecule has 0 aromatic carbocycles. The van der Waals surface area contributed by atoms with E-state index in [0.717, 1.165) is 0 Å². The Morgan fingerprint density at radius 1 is 1.60 bits per heavy atom. The van der Waals surface area contributed by atoms with Crippen molar-refractivity contribution in [2.75, 3.05) is 0 Å². The van der Waals surface area contributed by atoms with Gasteiger partial charge in [0, 0.05) is 0 Å². The first-order valence-electron chi connectivity index (χ1n) is 3.09. The lowest BCUT2D eigenvalue weighted by Crippen LogP contribution is -2.41. The van der Waals surface area contributed by atoms with Crippen LogP contribution in [0.15, 0.2) is 0 Å². The summed E-state index contributed by atoms with van der Waals surface area (Å²) in [6, 6.07) is -1.39. The molecule has 0 spiro atoms. The summed E-state index contributed by atoms with van der Waals surface area (Å²) in [5.74, 6) is -1.63. The number of aliphatic carboxylic acids is 1. The molecule has 0 amide bonds. The molecule has 0 aromatic heterocycles. The van der Waals surface area contributed by atoms with Crippen molar-refractivity contribution in [1.82, 2.24) is 0 Å². The van der Waals surface area contributed by atoms with Crippen LogP contribution in [0, 0.1) is 5.92 Å². The molecule has 0 unspecified atom stereocenters. The molecule has 0 aliphatic carbocycles. The first-order valence-corrected chi connectivity index (χ1v) is 3.09. The smallest absolute Gasteiger partial charge is 0.323 e. The van der Waals surface area contributed by atoms with Crippen LogP contribution in [0.2, 0.25) is 0 Å². The number of carboxylic acid groups (broad SMARTS) is 1. The van der Waals surface area contributed by atoms with E-state index in [0.29, 0.717) is 0 Å². The van der Waals surface area contributed by atoms with Crippen LogP contribution < -0.4 is 5.73 Å². The van der Waals surface area contributed by atoms with Crippen molar-refractivity contribution < 1.29 is 14.3 Å². The van der Waals surface area contributed by atoms with Gasteiger partial charge in [0.2, 0.25) is 0 Å². The van der Waals surface area contributed by atoms with Gasteiger partial charge in [-0.15, -0.1) is 0 Å². The van der Waals surface area contributed by atoms with E-state index in [-0.39, 0.29) is 5.92 Å². The van der Waals surface area contributed by atoms with Crippen LogP contribution in [0.4, 0.5) is 4.39 Å². The van der Waals surface area contributed by atoms with Gasteiger partial charge in [0.1, 0.15) is 12.2 Å². The summed E-state index contributed by atoms with van der Waals surface area (Å²) in [6.45, 7) is 3.18. The molecular weight excluding hydrogens is 137 g/mol. The van der Waals surface area contributed by atoms with Gasteiger partial charge in [-0.3, -0.25) is 4.79 Å². The number of hydrogen-bond acceptors (Lipinski definition) is 2. The monoisotopic (exact) mass is 149 g/mol. The Morgan fingerprint density at radius 3 is 2.10 bits per heavy atom. The third-order valence-corrected chi connectivity index (χ3v) is 1.27. The number of nitrogens with two attached hydrogens (primary N) is 1. The minimum atomic E-state index is -1.46. The minimum Gasteiger partial charge on any atom is -0.480 e. The maximum atomic E-state index is 12.7. The maximum absolute atomic E-state index is 12.7. The van der Waals surface area contributed by atoms with Crippen LogP contribution in [0.5, 0.6) is 0 Å². The molecule has 60 valence electrons. The highest BCUT2D eigenvalue weighted by Gasteiger charge is 2.26. The number of carboxylic acids is 1. The number of hydrogen-bond donors (Lipinski definition) is 2. The Balaban J connectivity index is 3.94. The number of rotatable bonds is 3. The highest BCUT2D eigenvalue weighted by atomic mass is 19.1. The van der Waals surface area contributed by atoms with Gasteiger partial charge in [-0.1, -0.05) is 13.8 Å². The van der Waals surface area contributed by atoms with Gasteiger partial charge >= 0.3 is 5.97 Å². The molecule has 3 N–H and O–H groups in total. The lowest BCUT2D eigenvalue weighted by atomic mass is 10.0. The normalized spacial score (nSPS) is 16.9. The van der Waals surface area contributed by atoms with Gasteiger partial charge in [-0.2, -0.15) is 0 Å². The van der Waals surface area contributed by atoms with Crippen LogP contribution in [0.3, 0.4) is 0 Å². The predicted octanol–water partition coefficient (Wildman–Crippen LogP) is 0.392. The molecule has 0 saturated carbocycles. The summed E-state index contributed by atoms with van der Waals surface area (Å²) in [5.41, 5.74) is 4.99. The zero-order valence-corrected chi connectivity index (χ0v) is 6.04. The molecule has 0 radical (unpaired) electrons. The van der Waals surface area contributed by atoms with Crippen LogP contribution in [0.25, 0.3) is 0 Å². The quantitative estimate of drug-likeness (QED) is 0.610. The van der Waals surface area contributed by atoms with Gasteiger partial charge in [-0.25, -0.2) is 4.39 Å². The molecule has 0 saturated heterocycles. The Kier molecular flexibility index (Phi) is 3.28. The molecule has 0 rings (SSSR count). The first-order chi connectivity index (χ1) is 4.46. The molecular formula is C6H12FNO2. The van der Waals surface area contributed by atoms with E-state index in [4.69, 9.17) is 10.8 Å².